The zero-order chi connectivity index (χ0) is 24.5. The van der Waals surface area contributed by atoms with Crippen molar-refractivity contribution < 1.29 is 19.0 Å². The van der Waals surface area contributed by atoms with Gasteiger partial charge in [-0.3, -0.25) is 14.7 Å². The number of aromatic nitrogens is 1. The molecule has 0 radical (unpaired) electrons. The fourth-order valence-corrected chi connectivity index (χ4v) is 4.99. The molecule has 1 fully saturated rings. The first-order valence-corrected chi connectivity index (χ1v) is 11.9. The van der Waals surface area contributed by atoms with E-state index in [1.54, 1.807) is 19.2 Å². The van der Waals surface area contributed by atoms with Crippen LogP contribution in [0, 0.1) is 5.82 Å². The van der Waals surface area contributed by atoms with E-state index in [4.69, 9.17) is 9.72 Å². The minimum absolute atomic E-state index is 0.0636. The molecule has 2 aromatic rings. The molecule has 1 amide bonds. The molecule has 2 aliphatic heterocycles. The quantitative estimate of drug-likeness (QED) is 0.647. The van der Waals surface area contributed by atoms with Crippen LogP contribution in [0.25, 0.3) is 0 Å². The van der Waals surface area contributed by atoms with E-state index in [2.05, 4.69) is 31.0 Å². The summed E-state index contributed by atoms with van der Waals surface area (Å²) < 4.78 is 19.0. The number of carbonyl (C=O) groups excluding carboxylic acids is 1. The van der Waals surface area contributed by atoms with Gasteiger partial charge in [-0.05, 0) is 42.7 Å². The van der Waals surface area contributed by atoms with Crippen molar-refractivity contribution in [3.63, 3.8) is 0 Å². The van der Waals surface area contributed by atoms with Crippen molar-refractivity contribution in [2.45, 2.75) is 44.8 Å². The molecule has 1 saturated heterocycles. The summed E-state index contributed by atoms with van der Waals surface area (Å²) >= 11 is 0. The summed E-state index contributed by atoms with van der Waals surface area (Å²) in [5.41, 5.74) is 3.75. The number of ether oxygens (including phenoxy) is 1. The topological polar surface area (TPSA) is 77.9 Å². The summed E-state index contributed by atoms with van der Waals surface area (Å²) in [6.45, 7) is 9.58. The van der Waals surface area contributed by atoms with E-state index < -0.39 is 6.10 Å². The third-order valence-electron chi connectivity index (χ3n) is 6.78. The second-order valence-electron chi connectivity index (χ2n) is 10.1. The molecule has 7 nitrogen and oxygen atoms in total. The molecule has 2 N–H and O–H groups in total. The first-order valence-electron chi connectivity index (χ1n) is 11.9. The van der Waals surface area contributed by atoms with E-state index in [0.29, 0.717) is 31.2 Å². The lowest BCUT2D eigenvalue weighted by atomic mass is 9.90. The van der Waals surface area contributed by atoms with Gasteiger partial charge in [-0.2, -0.15) is 0 Å². The van der Waals surface area contributed by atoms with Gasteiger partial charge in [0.15, 0.2) is 0 Å². The third-order valence-corrected chi connectivity index (χ3v) is 6.78. The zero-order valence-electron chi connectivity index (χ0n) is 20.5. The van der Waals surface area contributed by atoms with E-state index in [9.17, 15) is 14.3 Å². The van der Waals surface area contributed by atoms with E-state index >= 15 is 0 Å². The first kappa shape index (κ1) is 24.7. The maximum atomic E-state index is 13.4. The number of aliphatic hydroxyl groups is 1. The fourth-order valence-electron chi connectivity index (χ4n) is 4.99. The minimum Gasteiger partial charge on any atom is -0.393 e. The van der Waals surface area contributed by atoms with Crippen LogP contribution in [0.1, 0.15) is 49.4 Å². The molecule has 3 heterocycles. The summed E-state index contributed by atoms with van der Waals surface area (Å²) in [6, 6.07) is 8.72. The van der Waals surface area contributed by atoms with Crippen LogP contribution >= 0.6 is 0 Å². The first-order chi connectivity index (χ1) is 16.2. The molecule has 1 aromatic carbocycles. The molecule has 184 valence electrons. The lowest BCUT2D eigenvalue weighted by Gasteiger charge is -2.32. The number of nitrogens with zero attached hydrogens (tertiary/aromatic N) is 3. The summed E-state index contributed by atoms with van der Waals surface area (Å²) in [6.07, 6.45) is -0.0864. The number of fused-ring (bicyclic) bond motifs is 1. The van der Waals surface area contributed by atoms with E-state index in [1.807, 2.05) is 11.0 Å². The Hall–Kier alpha value is -2.39. The molecule has 0 aliphatic carbocycles. The average molecular weight is 471 g/mol. The Morgan fingerprint density at radius 2 is 2.09 bits per heavy atom. The summed E-state index contributed by atoms with van der Waals surface area (Å²) in [7, 11) is 1.55. The molecular formula is C26H35FN4O3. The minimum atomic E-state index is -0.580. The Morgan fingerprint density at radius 3 is 2.74 bits per heavy atom. The molecule has 0 saturated carbocycles. The molecule has 0 spiro atoms. The van der Waals surface area contributed by atoms with Gasteiger partial charge in [0.1, 0.15) is 11.9 Å². The zero-order valence-corrected chi connectivity index (χ0v) is 20.5. The van der Waals surface area contributed by atoms with Gasteiger partial charge in [-0.25, -0.2) is 4.39 Å². The highest BCUT2D eigenvalue weighted by Gasteiger charge is 2.41. The standard InChI is InChI=1S/C26H35FN4O3/c1-17-13-30(10-9-28-17)14-23(33)31-16-26(2,3)25-21(31)12-19(24(29-25)22(15-32)34-4)11-18-5-7-20(27)8-6-18/h5-8,12,17,22,28,32H,9-11,13-16H2,1-4H3/t17-,22?/m1/s1. The number of halogens is 1. The van der Waals surface area contributed by atoms with Gasteiger partial charge in [-0.15, -0.1) is 0 Å². The number of aliphatic hydroxyl groups excluding tert-OH is 1. The van der Waals surface area contributed by atoms with Crippen LogP contribution in [0.3, 0.4) is 0 Å². The van der Waals surface area contributed by atoms with Crippen LogP contribution < -0.4 is 10.2 Å². The van der Waals surface area contributed by atoms with Crippen molar-refractivity contribution in [2.75, 3.05) is 51.3 Å². The van der Waals surface area contributed by atoms with Gasteiger partial charge in [-0.1, -0.05) is 26.0 Å². The van der Waals surface area contributed by atoms with E-state index in [0.717, 1.165) is 42.1 Å². The maximum absolute atomic E-state index is 13.4. The van der Waals surface area contributed by atoms with Crippen molar-refractivity contribution in [1.82, 2.24) is 15.2 Å². The number of hydrogen-bond acceptors (Lipinski definition) is 6. The molecule has 34 heavy (non-hydrogen) atoms. The van der Waals surface area contributed by atoms with Crippen molar-refractivity contribution >= 4 is 11.6 Å². The van der Waals surface area contributed by atoms with E-state index in [-0.39, 0.29) is 23.7 Å². The number of benzene rings is 1. The predicted octanol–water partition coefficient (Wildman–Crippen LogP) is 2.41. The highest BCUT2D eigenvalue weighted by Crippen LogP contribution is 2.41. The van der Waals surface area contributed by atoms with Crippen LogP contribution in [0.15, 0.2) is 30.3 Å². The van der Waals surface area contributed by atoms with Gasteiger partial charge in [0.05, 0.1) is 30.2 Å². The van der Waals surface area contributed by atoms with Crippen molar-refractivity contribution in [2.24, 2.45) is 0 Å². The Balaban J connectivity index is 1.70. The van der Waals surface area contributed by atoms with Gasteiger partial charge < -0.3 is 20.1 Å². The number of hydrogen-bond donors (Lipinski definition) is 2. The number of rotatable bonds is 7. The predicted molar refractivity (Wildman–Crippen MR) is 130 cm³/mol. The van der Waals surface area contributed by atoms with Crippen LogP contribution in [-0.2, 0) is 21.4 Å². The number of carbonyl (C=O) groups is 1. The highest BCUT2D eigenvalue weighted by molar-refractivity contribution is 5.97. The molecule has 2 atom stereocenters. The SMILES string of the molecule is COC(CO)c1nc2c(cc1Cc1ccc(F)cc1)N(C(=O)CN1CCN[C@H](C)C1)CC2(C)C. The molecule has 2 aliphatic rings. The molecular weight excluding hydrogens is 435 g/mol. The smallest absolute Gasteiger partial charge is 0.241 e. The molecule has 1 aromatic heterocycles. The molecule has 4 rings (SSSR count). The molecule has 0 bridgehead atoms. The van der Waals surface area contributed by atoms with Gasteiger partial charge in [0.2, 0.25) is 5.91 Å². The second kappa shape index (κ2) is 10.1. The number of pyridine rings is 1. The molecule has 1 unspecified atom stereocenters. The van der Waals surface area contributed by atoms with E-state index in [1.165, 1.54) is 12.1 Å². The van der Waals surface area contributed by atoms with Gasteiger partial charge >= 0.3 is 0 Å². The highest BCUT2D eigenvalue weighted by atomic mass is 19.1. The fraction of sp³-hybridized carbons (Fsp3) is 0.538. The van der Waals surface area contributed by atoms with Crippen LogP contribution in [-0.4, -0.2) is 73.4 Å². The Morgan fingerprint density at radius 1 is 1.35 bits per heavy atom. The number of piperazine rings is 1. The second-order valence-corrected chi connectivity index (χ2v) is 10.1. The number of nitrogens with one attached hydrogen (secondary N) is 1. The van der Waals surface area contributed by atoms with Crippen molar-refractivity contribution in [3.05, 3.63) is 58.7 Å². The van der Waals surface area contributed by atoms with Crippen LogP contribution in [0.4, 0.5) is 10.1 Å². The van der Waals surface area contributed by atoms with Crippen molar-refractivity contribution in [1.29, 1.82) is 0 Å². The lowest BCUT2D eigenvalue weighted by molar-refractivity contribution is -0.120. The Labute approximate surface area is 200 Å². The van der Waals surface area contributed by atoms with Crippen molar-refractivity contribution in [3.8, 4) is 0 Å². The monoisotopic (exact) mass is 470 g/mol. The summed E-state index contributed by atoms with van der Waals surface area (Å²) in [5, 5.41) is 13.4. The average Bonchev–Trinajstić information content (AvgIpc) is 3.06. The number of amides is 1. The van der Waals surface area contributed by atoms with Crippen LogP contribution in [0.2, 0.25) is 0 Å². The van der Waals surface area contributed by atoms with Gasteiger partial charge in [0.25, 0.3) is 0 Å². The normalized spacial score (nSPS) is 20.9. The Bertz CT molecular complexity index is 1020. The number of anilines is 1. The lowest BCUT2D eigenvalue weighted by Crippen LogP contribution is -2.52. The number of methoxy groups -OCH3 is 1. The third kappa shape index (κ3) is 5.15. The molecule has 8 heteroatoms. The largest absolute Gasteiger partial charge is 0.393 e. The summed E-state index contributed by atoms with van der Waals surface area (Å²) in [4.78, 5) is 22.5. The Kier molecular flexibility index (Phi) is 7.33. The summed E-state index contributed by atoms with van der Waals surface area (Å²) in [5.74, 6) is -0.226. The van der Waals surface area contributed by atoms with Crippen LogP contribution in [0.5, 0.6) is 0 Å². The maximum Gasteiger partial charge on any atom is 0.241 e. The van der Waals surface area contributed by atoms with Gasteiger partial charge in [0, 0.05) is 44.7 Å².